The Kier molecular flexibility index (Phi) is 7.87. The van der Waals surface area contributed by atoms with Gasteiger partial charge < -0.3 is 4.98 Å². The highest BCUT2D eigenvalue weighted by atomic mass is 14.7. The number of unbranched alkanes of at least 4 members (excludes halogenated alkanes) is 8. The summed E-state index contributed by atoms with van der Waals surface area (Å²) in [5.41, 5.74) is 2.86. The van der Waals surface area contributed by atoms with Gasteiger partial charge in [-0.1, -0.05) is 58.3 Å². The van der Waals surface area contributed by atoms with Crippen molar-refractivity contribution in [3.05, 3.63) is 23.5 Å². The summed E-state index contributed by atoms with van der Waals surface area (Å²) < 4.78 is 0. The summed E-state index contributed by atoms with van der Waals surface area (Å²) >= 11 is 0. The third kappa shape index (κ3) is 6.55. The van der Waals surface area contributed by atoms with Gasteiger partial charge in [-0.2, -0.15) is 0 Å². The number of hydrogen-bond acceptors (Lipinski definition) is 0. The highest BCUT2D eigenvalue weighted by Gasteiger charge is 1.98. The number of hydrogen-bond donors (Lipinski definition) is 1. The first kappa shape index (κ1) is 14.3. The second kappa shape index (κ2) is 9.32. The molecule has 0 aliphatic carbocycles. The van der Waals surface area contributed by atoms with E-state index in [9.17, 15) is 0 Å². The average Bonchev–Trinajstić information content (AvgIpc) is 2.73. The third-order valence-electron chi connectivity index (χ3n) is 3.62. The van der Waals surface area contributed by atoms with Gasteiger partial charge in [-0.05, 0) is 31.4 Å². The summed E-state index contributed by atoms with van der Waals surface area (Å²) in [7, 11) is 0. The standard InChI is InChI=1S/C16H29N/c1-3-4-5-6-7-8-9-10-11-12-16-13-14-17-15(16)2/h13-14,17H,3-12H2,1-2H3. The second-order valence-corrected chi connectivity index (χ2v) is 5.21. The molecule has 1 rings (SSSR count). The van der Waals surface area contributed by atoms with Crippen LogP contribution in [0.15, 0.2) is 12.3 Å². The van der Waals surface area contributed by atoms with Crippen LogP contribution in [0.3, 0.4) is 0 Å². The monoisotopic (exact) mass is 235 g/mol. The molecule has 0 radical (unpaired) electrons. The van der Waals surface area contributed by atoms with Crippen LogP contribution in [0.1, 0.15) is 76.0 Å². The van der Waals surface area contributed by atoms with Crippen molar-refractivity contribution >= 4 is 0 Å². The van der Waals surface area contributed by atoms with Crippen molar-refractivity contribution < 1.29 is 0 Å². The zero-order valence-corrected chi connectivity index (χ0v) is 11.7. The molecule has 0 spiro atoms. The van der Waals surface area contributed by atoms with E-state index in [1.807, 2.05) is 0 Å². The summed E-state index contributed by atoms with van der Waals surface area (Å²) in [4.78, 5) is 3.25. The van der Waals surface area contributed by atoms with E-state index in [2.05, 4.69) is 31.1 Å². The Morgan fingerprint density at radius 1 is 0.882 bits per heavy atom. The maximum atomic E-state index is 3.25. The molecule has 17 heavy (non-hydrogen) atoms. The van der Waals surface area contributed by atoms with Gasteiger partial charge in [0.15, 0.2) is 0 Å². The lowest BCUT2D eigenvalue weighted by Crippen LogP contribution is -1.87. The van der Waals surface area contributed by atoms with Crippen LogP contribution in [-0.2, 0) is 6.42 Å². The van der Waals surface area contributed by atoms with Gasteiger partial charge in [0.2, 0.25) is 0 Å². The minimum Gasteiger partial charge on any atom is -0.365 e. The maximum Gasteiger partial charge on any atom is 0.0148 e. The molecular formula is C16H29N. The first-order valence-corrected chi connectivity index (χ1v) is 7.47. The second-order valence-electron chi connectivity index (χ2n) is 5.21. The molecule has 0 saturated carbocycles. The van der Waals surface area contributed by atoms with Crippen molar-refractivity contribution in [2.45, 2.75) is 78.1 Å². The van der Waals surface area contributed by atoms with E-state index >= 15 is 0 Å². The molecule has 0 aliphatic heterocycles. The predicted molar refractivity (Wildman–Crippen MR) is 76.5 cm³/mol. The van der Waals surface area contributed by atoms with Crippen molar-refractivity contribution in [3.8, 4) is 0 Å². The Morgan fingerprint density at radius 3 is 2.00 bits per heavy atom. The molecule has 0 bridgehead atoms. The lowest BCUT2D eigenvalue weighted by molar-refractivity contribution is 0.564. The highest BCUT2D eigenvalue weighted by molar-refractivity contribution is 5.18. The van der Waals surface area contributed by atoms with Crippen LogP contribution < -0.4 is 0 Å². The summed E-state index contributed by atoms with van der Waals surface area (Å²) in [6.07, 6.45) is 16.1. The molecule has 1 nitrogen and oxygen atoms in total. The van der Waals surface area contributed by atoms with Gasteiger partial charge in [0.05, 0.1) is 0 Å². The number of rotatable bonds is 10. The van der Waals surface area contributed by atoms with Gasteiger partial charge in [0, 0.05) is 11.9 Å². The summed E-state index contributed by atoms with van der Waals surface area (Å²) in [6.45, 7) is 4.45. The Morgan fingerprint density at radius 2 is 1.47 bits per heavy atom. The molecule has 1 heterocycles. The molecule has 0 unspecified atom stereocenters. The lowest BCUT2D eigenvalue weighted by Gasteiger charge is -2.02. The number of H-pyrrole nitrogens is 1. The molecule has 1 N–H and O–H groups in total. The predicted octanol–water partition coefficient (Wildman–Crippen LogP) is 5.40. The first-order chi connectivity index (χ1) is 8.34. The Balaban J connectivity index is 1.86. The quantitative estimate of drug-likeness (QED) is 0.523. The largest absolute Gasteiger partial charge is 0.365 e. The van der Waals surface area contributed by atoms with Gasteiger partial charge in [0.25, 0.3) is 0 Å². The van der Waals surface area contributed by atoms with E-state index in [-0.39, 0.29) is 0 Å². The normalized spacial score (nSPS) is 10.9. The van der Waals surface area contributed by atoms with Crippen molar-refractivity contribution in [1.82, 2.24) is 4.98 Å². The van der Waals surface area contributed by atoms with E-state index in [0.29, 0.717) is 0 Å². The summed E-state index contributed by atoms with van der Waals surface area (Å²) in [6, 6.07) is 2.22. The van der Waals surface area contributed by atoms with Gasteiger partial charge in [-0.25, -0.2) is 0 Å². The fourth-order valence-electron chi connectivity index (χ4n) is 2.38. The average molecular weight is 235 g/mol. The van der Waals surface area contributed by atoms with Gasteiger partial charge in [-0.3, -0.25) is 0 Å². The molecule has 0 aromatic carbocycles. The fourth-order valence-corrected chi connectivity index (χ4v) is 2.38. The zero-order valence-electron chi connectivity index (χ0n) is 11.7. The van der Waals surface area contributed by atoms with Crippen LogP contribution in [0.5, 0.6) is 0 Å². The molecular weight excluding hydrogens is 206 g/mol. The third-order valence-corrected chi connectivity index (χ3v) is 3.62. The van der Waals surface area contributed by atoms with E-state index in [4.69, 9.17) is 0 Å². The van der Waals surface area contributed by atoms with E-state index in [1.165, 1.54) is 75.5 Å². The molecule has 1 heteroatoms. The number of nitrogens with one attached hydrogen (secondary N) is 1. The molecule has 0 aliphatic rings. The lowest BCUT2D eigenvalue weighted by atomic mass is 10.0. The number of aryl methyl sites for hydroxylation is 2. The number of aromatic amines is 1. The zero-order chi connectivity index (χ0) is 12.3. The van der Waals surface area contributed by atoms with Crippen LogP contribution in [0.25, 0.3) is 0 Å². The first-order valence-electron chi connectivity index (χ1n) is 7.47. The highest BCUT2D eigenvalue weighted by Crippen LogP contribution is 2.13. The molecule has 0 atom stereocenters. The molecule has 0 saturated heterocycles. The van der Waals surface area contributed by atoms with Crippen LogP contribution in [0.2, 0.25) is 0 Å². The maximum absolute atomic E-state index is 3.25. The molecule has 1 aromatic heterocycles. The van der Waals surface area contributed by atoms with Crippen molar-refractivity contribution in [3.63, 3.8) is 0 Å². The van der Waals surface area contributed by atoms with Crippen molar-refractivity contribution in [2.75, 3.05) is 0 Å². The van der Waals surface area contributed by atoms with Crippen molar-refractivity contribution in [2.24, 2.45) is 0 Å². The fraction of sp³-hybridized carbons (Fsp3) is 0.750. The van der Waals surface area contributed by atoms with Gasteiger partial charge in [0.1, 0.15) is 0 Å². The van der Waals surface area contributed by atoms with Gasteiger partial charge in [-0.15, -0.1) is 0 Å². The van der Waals surface area contributed by atoms with Gasteiger partial charge >= 0.3 is 0 Å². The van der Waals surface area contributed by atoms with Crippen LogP contribution >= 0.6 is 0 Å². The van der Waals surface area contributed by atoms with E-state index < -0.39 is 0 Å². The minimum atomic E-state index is 1.26. The SMILES string of the molecule is CCCCCCCCCCCc1cc[nH]c1C. The summed E-state index contributed by atoms with van der Waals surface area (Å²) in [5.74, 6) is 0. The van der Waals surface area contributed by atoms with Crippen molar-refractivity contribution in [1.29, 1.82) is 0 Å². The Hall–Kier alpha value is -0.720. The summed E-state index contributed by atoms with van der Waals surface area (Å²) in [5, 5.41) is 0. The smallest absolute Gasteiger partial charge is 0.0148 e. The van der Waals surface area contributed by atoms with E-state index in [0.717, 1.165) is 0 Å². The Bertz CT molecular complexity index is 275. The molecule has 0 fully saturated rings. The molecule has 0 amide bonds. The van der Waals surface area contributed by atoms with E-state index in [1.54, 1.807) is 0 Å². The number of aromatic nitrogens is 1. The van der Waals surface area contributed by atoms with Crippen LogP contribution in [0.4, 0.5) is 0 Å². The molecule has 98 valence electrons. The molecule has 1 aromatic rings. The Labute approximate surface area is 107 Å². The van der Waals surface area contributed by atoms with Crippen LogP contribution in [-0.4, -0.2) is 4.98 Å². The minimum absolute atomic E-state index is 1.26. The topological polar surface area (TPSA) is 15.8 Å². The van der Waals surface area contributed by atoms with Crippen LogP contribution in [0, 0.1) is 6.92 Å².